The van der Waals surface area contributed by atoms with Crippen LogP contribution in [0.4, 0.5) is 0 Å². The molecular weight excluding hydrogens is 398 g/mol. The number of aryl methyl sites for hydroxylation is 1. The van der Waals surface area contributed by atoms with Crippen molar-refractivity contribution in [3.63, 3.8) is 0 Å². The van der Waals surface area contributed by atoms with Crippen molar-refractivity contribution in [3.8, 4) is 0 Å². The van der Waals surface area contributed by atoms with E-state index < -0.39 is 9.84 Å². The Morgan fingerprint density at radius 1 is 1.29 bits per heavy atom. The van der Waals surface area contributed by atoms with Gasteiger partial charge in [0.15, 0.2) is 15.0 Å². The molecule has 0 N–H and O–H groups in total. The Kier molecular flexibility index (Phi) is 7.82. The van der Waals surface area contributed by atoms with Gasteiger partial charge < -0.3 is 9.30 Å². The summed E-state index contributed by atoms with van der Waals surface area (Å²) >= 11 is 1.16. The first kappa shape index (κ1) is 22.2. The van der Waals surface area contributed by atoms with Gasteiger partial charge in [-0.2, -0.15) is 0 Å². The average molecular weight is 424 g/mol. The number of thioether (sulfide) groups is 1. The maximum absolute atomic E-state index is 12.7. The summed E-state index contributed by atoms with van der Waals surface area (Å²) in [6.07, 6.45) is 1.63. The molecule has 28 heavy (non-hydrogen) atoms. The van der Waals surface area contributed by atoms with Crippen LogP contribution in [0.3, 0.4) is 0 Å². The lowest BCUT2D eigenvalue weighted by atomic mass is 10.2. The van der Waals surface area contributed by atoms with Crippen LogP contribution in [-0.2, 0) is 31.7 Å². The predicted octanol–water partition coefficient (Wildman–Crippen LogP) is 3.04. The van der Waals surface area contributed by atoms with Gasteiger partial charge >= 0.3 is 5.97 Å². The number of rotatable bonds is 10. The summed E-state index contributed by atoms with van der Waals surface area (Å²) < 4.78 is 32.2. The van der Waals surface area contributed by atoms with Gasteiger partial charge in [-0.15, -0.1) is 16.8 Å². The smallest absolute Gasteiger partial charge is 0.316 e. The number of esters is 1. The number of aromatic nitrogens is 3. The zero-order valence-electron chi connectivity index (χ0n) is 16.3. The molecule has 0 radical (unpaired) electrons. The number of nitrogens with zero attached hydrogens (tertiary/aromatic N) is 3. The van der Waals surface area contributed by atoms with Crippen molar-refractivity contribution in [2.45, 2.75) is 43.1 Å². The summed E-state index contributed by atoms with van der Waals surface area (Å²) in [6, 6.07) is 6.68. The van der Waals surface area contributed by atoms with E-state index in [1.165, 1.54) is 0 Å². The Balaban J connectivity index is 2.14. The Labute approximate surface area is 170 Å². The summed E-state index contributed by atoms with van der Waals surface area (Å²) in [5, 5.41) is 8.53. The van der Waals surface area contributed by atoms with Crippen LogP contribution >= 0.6 is 11.8 Å². The second-order valence-electron chi connectivity index (χ2n) is 6.74. The Morgan fingerprint density at radius 3 is 2.57 bits per heavy atom. The van der Waals surface area contributed by atoms with Gasteiger partial charge in [-0.05, 0) is 25.0 Å². The number of benzene rings is 1. The number of carbonyl (C=O) groups is 1. The van der Waals surface area contributed by atoms with E-state index in [0.717, 1.165) is 17.3 Å². The first-order chi connectivity index (χ1) is 13.2. The number of hydrogen-bond donors (Lipinski definition) is 0. The minimum Gasteiger partial charge on any atom is -0.465 e. The quantitative estimate of drug-likeness (QED) is 0.329. The zero-order valence-corrected chi connectivity index (χ0v) is 17.9. The summed E-state index contributed by atoms with van der Waals surface area (Å²) in [6.45, 7) is 10.2. The van der Waals surface area contributed by atoms with Gasteiger partial charge in [-0.1, -0.05) is 49.4 Å². The molecule has 0 atom stereocenters. The second-order valence-corrected chi connectivity index (χ2v) is 9.67. The van der Waals surface area contributed by atoms with Crippen LogP contribution in [0.25, 0.3) is 0 Å². The third-order valence-electron chi connectivity index (χ3n) is 3.70. The van der Waals surface area contributed by atoms with Crippen molar-refractivity contribution >= 4 is 27.6 Å². The molecule has 0 aliphatic carbocycles. The van der Waals surface area contributed by atoms with Crippen LogP contribution in [0, 0.1) is 12.8 Å². The molecule has 1 aromatic carbocycles. The van der Waals surface area contributed by atoms with Crippen molar-refractivity contribution < 1.29 is 17.9 Å². The molecule has 1 aromatic heterocycles. The lowest BCUT2D eigenvalue weighted by Crippen LogP contribution is -2.13. The van der Waals surface area contributed by atoms with Gasteiger partial charge in [-0.3, -0.25) is 4.79 Å². The van der Waals surface area contributed by atoms with Crippen LogP contribution in [0.1, 0.15) is 25.2 Å². The van der Waals surface area contributed by atoms with Gasteiger partial charge in [0.25, 0.3) is 0 Å². The molecule has 0 saturated carbocycles. The number of allylic oxidation sites excluding steroid dienone is 1. The van der Waals surface area contributed by atoms with Crippen molar-refractivity contribution in [2.24, 2.45) is 5.92 Å². The number of ether oxygens (including phenoxy) is 1. The van der Waals surface area contributed by atoms with Gasteiger partial charge in [0.1, 0.15) is 11.6 Å². The lowest BCUT2D eigenvalue weighted by molar-refractivity contribution is -0.141. The molecule has 9 heteroatoms. The number of hydrogen-bond acceptors (Lipinski definition) is 7. The minimum atomic E-state index is -3.57. The first-order valence-corrected chi connectivity index (χ1v) is 11.5. The van der Waals surface area contributed by atoms with Gasteiger partial charge in [0.05, 0.1) is 17.3 Å². The second kappa shape index (κ2) is 9.88. The molecule has 1 heterocycles. The molecule has 0 saturated heterocycles. The largest absolute Gasteiger partial charge is 0.465 e. The van der Waals surface area contributed by atoms with E-state index in [1.807, 2.05) is 20.8 Å². The maximum atomic E-state index is 12.7. The highest BCUT2D eigenvalue weighted by atomic mass is 32.2. The van der Waals surface area contributed by atoms with E-state index in [9.17, 15) is 13.2 Å². The zero-order chi connectivity index (χ0) is 20.7. The molecule has 0 fully saturated rings. The van der Waals surface area contributed by atoms with E-state index in [-0.39, 0.29) is 28.3 Å². The fourth-order valence-corrected chi connectivity index (χ4v) is 4.30. The summed E-state index contributed by atoms with van der Waals surface area (Å²) in [5.41, 5.74) is 0.983. The fraction of sp³-hybridized carbons (Fsp3) is 0.421. The Morgan fingerprint density at radius 2 is 1.96 bits per heavy atom. The van der Waals surface area contributed by atoms with Crippen molar-refractivity contribution in [1.29, 1.82) is 0 Å². The van der Waals surface area contributed by atoms with Crippen LogP contribution < -0.4 is 0 Å². The molecule has 0 unspecified atom stereocenters. The monoisotopic (exact) mass is 423 g/mol. The molecule has 7 nitrogen and oxygen atoms in total. The standard InChI is InChI=1S/C19H25N3O4S2/c1-5-10-22-17(13-28(24,25)16-8-6-15(4)7-9-16)20-21-19(22)27-12-18(23)26-11-14(2)3/h5-9,14H,1,10-13H2,2-4H3. The Hall–Kier alpha value is -2.13. The molecule has 0 aliphatic heterocycles. The van der Waals surface area contributed by atoms with Crippen molar-refractivity contribution in [3.05, 3.63) is 48.3 Å². The maximum Gasteiger partial charge on any atom is 0.316 e. The van der Waals surface area contributed by atoms with Gasteiger partial charge in [0, 0.05) is 6.54 Å². The lowest BCUT2D eigenvalue weighted by Gasteiger charge is -2.09. The third kappa shape index (κ3) is 6.20. The van der Waals surface area contributed by atoms with E-state index in [1.54, 1.807) is 34.9 Å². The summed E-state index contributed by atoms with van der Waals surface area (Å²) in [5.74, 6) is 0.0123. The molecule has 0 aliphatic rings. The van der Waals surface area contributed by atoms with Crippen molar-refractivity contribution in [2.75, 3.05) is 12.4 Å². The molecular formula is C19H25N3O4S2. The number of carbonyl (C=O) groups excluding carboxylic acids is 1. The van der Waals surface area contributed by atoms with Crippen molar-refractivity contribution in [1.82, 2.24) is 14.8 Å². The van der Waals surface area contributed by atoms with Gasteiger partial charge in [-0.25, -0.2) is 8.42 Å². The molecule has 2 rings (SSSR count). The summed E-state index contributed by atoms with van der Waals surface area (Å²) in [4.78, 5) is 12.1. The van der Waals surface area contributed by atoms with Crippen LogP contribution in [0.5, 0.6) is 0 Å². The highest BCUT2D eigenvalue weighted by molar-refractivity contribution is 7.99. The van der Waals surface area contributed by atoms with Crippen LogP contribution in [0.15, 0.2) is 47.0 Å². The fourth-order valence-electron chi connectivity index (χ4n) is 2.27. The van der Waals surface area contributed by atoms with E-state index in [0.29, 0.717) is 24.1 Å². The predicted molar refractivity (Wildman–Crippen MR) is 109 cm³/mol. The third-order valence-corrected chi connectivity index (χ3v) is 6.27. The topological polar surface area (TPSA) is 91.1 Å². The molecule has 0 bridgehead atoms. The minimum absolute atomic E-state index is 0.0761. The number of sulfone groups is 1. The highest BCUT2D eigenvalue weighted by Gasteiger charge is 2.22. The molecule has 2 aromatic rings. The first-order valence-electron chi connectivity index (χ1n) is 8.83. The van der Waals surface area contributed by atoms with E-state index in [2.05, 4.69) is 16.8 Å². The van der Waals surface area contributed by atoms with E-state index >= 15 is 0 Å². The van der Waals surface area contributed by atoms with E-state index in [4.69, 9.17) is 4.74 Å². The Bertz CT molecular complexity index is 919. The SMILES string of the molecule is C=CCn1c(CS(=O)(=O)c2ccc(C)cc2)nnc1SCC(=O)OCC(C)C. The highest BCUT2D eigenvalue weighted by Crippen LogP contribution is 2.21. The molecule has 152 valence electrons. The average Bonchev–Trinajstić information content (AvgIpc) is 3.00. The normalized spacial score (nSPS) is 11.6. The van der Waals surface area contributed by atoms with Crippen LogP contribution in [0.2, 0.25) is 0 Å². The summed E-state index contributed by atoms with van der Waals surface area (Å²) in [7, 11) is -3.57. The molecule has 0 spiro atoms. The molecule has 0 amide bonds. The van der Waals surface area contributed by atoms with Gasteiger partial charge in [0.2, 0.25) is 0 Å². The van der Waals surface area contributed by atoms with Crippen LogP contribution in [-0.4, -0.2) is 41.5 Å².